The van der Waals surface area contributed by atoms with Crippen LogP contribution in [-0.4, -0.2) is 86.9 Å². The number of halogens is 2. The summed E-state index contributed by atoms with van der Waals surface area (Å²) >= 11 is 5.94. The number of fused-ring (bicyclic) bond motifs is 1. The molecule has 3 amide bonds. The maximum Gasteiger partial charge on any atom is 0.321 e. The highest BCUT2D eigenvalue weighted by molar-refractivity contribution is 7.92. The van der Waals surface area contributed by atoms with Crippen molar-refractivity contribution in [2.24, 2.45) is 5.92 Å². The molecule has 14 heteroatoms. The molecule has 0 fully saturated rings. The standard InChI is InChI=1S/C35H44ClFN4O7S/c1-23-20-41(24(2)22-42)34(43)31-19-29(39-49(45,46)30-15-8-26(36)9-16-30)14-17-32(31)48-25(3)7-5-6-18-47-33(23)21-40(4)35(44)38-28-12-10-27(37)11-13-28/h8-17,19,23-25,33,39,42H,5-7,18,20-22H2,1-4H3,(H,38,44)/t23-,24+,25-,33+/m1/s1. The van der Waals surface area contributed by atoms with Gasteiger partial charge < -0.3 is 29.7 Å². The Bertz CT molecular complexity index is 1680. The van der Waals surface area contributed by atoms with Crippen molar-refractivity contribution in [3.8, 4) is 5.75 Å². The van der Waals surface area contributed by atoms with Gasteiger partial charge in [-0.05, 0) is 99.8 Å². The zero-order valence-corrected chi connectivity index (χ0v) is 29.6. The number of carbonyl (C=O) groups excluding carboxylic acids is 2. The molecule has 0 unspecified atom stereocenters. The number of carbonyl (C=O) groups is 2. The molecule has 4 atom stereocenters. The lowest BCUT2D eigenvalue weighted by molar-refractivity contribution is -0.0115. The van der Waals surface area contributed by atoms with Gasteiger partial charge in [0.15, 0.2) is 0 Å². The molecule has 1 heterocycles. The van der Waals surface area contributed by atoms with E-state index in [0.717, 1.165) is 12.8 Å². The molecule has 4 rings (SSSR count). The minimum absolute atomic E-state index is 0.0000990. The zero-order valence-electron chi connectivity index (χ0n) is 28.1. The van der Waals surface area contributed by atoms with Crippen molar-refractivity contribution in [3.05, 3.63) is 83.1 Å². The van der Waals surface area contributed by atoms with Gasteiger partial charge in [-0.1, -0.05) is 18.5 Å². The molecule has 49 heavy (non-hydrogen) atoms. The highest BCUT2D eigenvalue weighted by Gasteiger charge is 2.31. The third-order valence-electron chi connectivity index (χ3n) is 8.32. The molecule has 0 radical (unpaired) electrons. The van der Waals surface area contributed by atoms with Crippen LogP contribution in [0.1, 0.15) is 50.4 Å². The minimum atomic E-state index is -4.01. The van der Waals surface area contributed by atoms with Gasteiger partial charge in [0.05, 0.1) is 35.3 Å². The number of nitrogens with one attached hydrogen (secondary N) is 2. The van der Waals surface area contributed by atoms with Crippen LogP contribution in [0.25, 0.3) is 0 Å². The Kier molecular flexibility index (Phi) is 13.3. The number of ether oxygens (including phenoxy) is 2. The molecule has 1 aliphatic rings. The van der Waals surface area contributed by atoms with Gasteiger partial charge in [0.1, 0.15) is 11.6 Å². The van der Waals surface area contributed by atoms with E-state index < -0.39 is 39.9 Å². The molecule has 0 saturated carbocycles. The van der Waals surface area contributed by atoms with Crippen LogP contribution in [0.5, 0.6) is 5.75 Å². The van der Waals surface area contributed by atoms with Gasteiger partial charge in [-0.15, -0.1) is 0 Å². The number of sulfonamides is 1. The molecule has 1 aliphatic heterocycles. The van der Waals surface area contributed by atoms with E-state index in [9.17, 15) is 27.5 Å². The molecule has 3 N–H and O–H groups in total. The van der Waals surface area contributed by atoms with Crippen molar-refractivity contribution >= 4 is 44.9 Å². The van der Waals surface area contributed by atoms with E-state index in [4.69, 9.17) is 21.1 Å². The number of aliphatic hydroxyl groups excluding tert-OH is 1. The molecule has 0 spiro atoms. The molecule has 3 aromatic rings. The van der Waals surface area contributed by atoms with Gasteiger partial charge in [0.2, 0.25) is 0 Å². The fourth-order valence-electron chi connectivity index (χ4n) is 5.38. The van der Waals surface area contributed by atoms with Gasteiger partial charge in [0, 0.05) is 49.1 Å². The normalized spacial score (nSPS) is 19.9. The maximum atomic E-state index is 14.3. The average molecular weight is 719 g/mol. The fourth-order valence-corrected chi connectivity index (χ4v) is 6.56. The molecule has 3 aromatic carbocycles. The van der Waals surface area contributed by atoms with Crippen molar-refractivity contribution in [1.29, 1.82) is 0 Å². The van der Waals surface area contributed by atoms with E-state index in [0.29, 0.717) is 23.7 Å². The van der Waals surface area contributed by atoms with Crippen molar-refractivity contribution in [2.75, 3.05) is 43.4 Å². The molecule has 0 aliphatic carbocycles. The highest BCUT2D eigenvalue weighted by atomic mass is 35.5. The number of likely N-dealkylation sites (N-methyl/N-ethyl adjacent to an activating group) is 1. The van der Waals surface area contributed by atoms with Crippen molar-refractivity contribution in [3.63, 3.8) is 0 Å². The number of hydrogen-bond acceptors (Lipinski definition) is 7. The van der Waals surface area contributed by atoms with Crippen LogP contribution in [0.2, 0.25) is 5.02 Å². The third-order valence-corrected chi connectivity index (χ3v) is 9.97. The van der Waals surface area contributed by atoms with E-state index in [2.05, 4.69) is 10.0 Å². The van der Waals surface area contributed by atoms with Crippen LogP contribution >= 0.6 is 11.6 Å². The second-order valence-corrected chi connectivity index (χ2v) is 14.5. The van der Waals surface area contributed by atoms with Crippen molar-refractivity contribution < 1.29 is 37.0 Å². The molecular formula is C35H44ClFN4O7S. The lowest BCUT2D eigenvalue weighted by atomic mass is 10.0. The minimum Gasteiger partial charge on any atom is -0.490 e. The summed E-state index contributed by atoms with van der Waals surface area (Å²) in [6.45, 7) is 5.94. The summed E-state index contributed by atoms with van der Waals surface area (Å²) in [5.74, 6) is -0.904. The number of amides is 3. The molecule has 11 nitrogen and oxygen atoms in total. The van der Waals surface area contributed by atoms with E-state index in [-0.39, 0.29) is 53.6 Å². The van der Waals surface area contributed by atoms with Crippen LogP contribution in [0, 0.1) is 11.7 Å². The summed E-state index contributed by atoms with van der Waals surface area (Å²) in [7, 11) is -2.38. The summed E-state index contributed by atoms with van der Waals surface area (Å²) in [5.41, 5.74) is 0.719. The molecule has 0 aromatic heterocycles. The van der Waals surface area contributed by atoms with Gasteiger partial charge >= 0.3 is 6.03 Å². The summed E-state index contributed by atoms with van der Waals surface area (Å²) < 4.78 is 54.8. The zero-order chi connectivity index (χ0) is 35.7. The van der Waals surface area contributed by atoms with E-state index in [1.54, 1.807) is 20.0 Å². The van der Waals surface area contributed by atoms with Crippen LogP contribution in [0.15, 0.2) is 71.6 Å². The smallest absolute Gasteiger partial charge is 0.321 e. The first-order valence-corrected chi connectivity index (χ1v) is 18.0. The SMILES string of the molecule is C[C@@H]1CCCCO[C@@H](CN(C)C(=O)Nc2ccc(F)cc2)[C@H](C)CN([C@@H](C)CO)C(=O)c2cc(NS(=O)(=O)c3ccc(Cl)cc3)ccc2O1. The first-order chi connectivity index (χ1) is 23.3. The summed E-state index contributed by atoms with van der Waals surface area (Å²) in [6, 6.07) is 14.7. The third kappa shape index (κ3) is 10.5. The van der Waals surface area contributed by atoms with Crippen LogP contribution in [-0.2, 0) is 14.8 Å². The molecule has 266 valence electrons. The Balaban J connectivity index is 1.62. The number of hydrogen-bond donors (Lipinski definition) is 3. The number of benzene rings is 3. The molecule has 0 saturated heterocycles. The maximum absolute atomic E-state index is 14.3. The Morgan fingerprint density at radius 3 is 2.43 bits per heavy atom. The quantitative estimate of drug-likeness (QED) is 0.251. The number of nitrogens with zero attached hydrogens (tertiary/aromatic N) is 2. The van der Waals surface area contributed by atoms with Gasteiger partial charge in [-0.3, -0.25) is 9.52 Å². The van der Waals surface area contributed by atoms with Gasteiger partial charge in [-0.2, -0.15) is 0 Å². The fraction of sp³-hybridized carbons (Fsp3) is 0.429. The number of rotatable bonds is 8. The van der Waals surface area contributed by atoms with Crippen molar-refractivity contribution in [2.45, 2.75) is 63.2 Å². The number of anilines is 2. The van der Waals surface area contributed by atoms with Crippen LogP contribution in [0.4, 0.5) is 20.6 Å². The average Bonchev–Trinajstić information content (AvgIpc) is 3.07. The molecule has 0 bridgehead atoms. The van der Waals surface area contributed by atoms with E-state index >= 15 is 0 Å². The Morgan fingerprint density at radius 2 is 1.76 bits per heavy atom. The predicted octanol–water partition coefficient (Wildman–Crippen LogP) is 6.24. The van der Waals surface area contributed by atoms with Crippen molar-refractivity contribution in [1.82, 2.24) is 9.80 Å². The lowest BCUT2D eigenvalue weighted by Crippen LogP contribution is -2.48. The van der Waals surface area contributed by atoms with E-state index in [1.165, 1.54) is 70.5 Å². The first-order valence-electron chi connectivity index (χ1n) is 16.2. The monoisotopic (exact) mass is 718 g/mol. The summed E-state index contributed by atoms with van der Waals surface area (Å²) in [5, 5.41) is 13.3. The Morgan fingerprint density at radius 1 is 1.08 bits per heavy atom. The largest absolute Gasteiger partial charge is 0.490 e. The van der Waals surface area contributed by atoms with Crippen LogP contribution in [0.3, 0.4) is 0 Å². The lowest BCUT2D eigenvalue weighted by Gasteiger charge is -2.35. The second kappa shape index (κ2) is 17.1. The summed E-state index contributed by atoms with van der Waals surface area (Å²) in [6.07, 6.45) is 1.42. The highest BCUT2D eigenvalue weighted by Crippen LogP contribution is 2.30. The topological polar surface area (TPSA) is 138 Å². The van der Waals surface area contributed by atoms with E-state index in [1.807, 2.05) is 13.8 Å². The molecular weight excluding hydrogens is 675 g/mol. The number of aliphatic hydroxyl groups is 1. The number of urea groups is 1. The van der Waals surface area contributed by atoms with Crippen LogP contribution < -0.4 is 14.8 Å². The van der Waals surface area contributed by atoms with Gasteiger partial charge in [-0.25, -0.2) is 17.6 Å². The Hall–Kier alpha value is -3.91. The second-order valence-electron chi connectivity index (χ2n) is 12.4. The van der Waals surface area contributed by atoms with Gasteiger partial charge in [0.25, 0.3) is 15.9 Å². The Labute approximate surface area is 292 Å². The predicted molar refractivity (Wildman–Crippen MR) is 187 cm³/mol. The summed E-state index contributed by atoms with van der Waals surface area (Å²) in [4.78, 5) is 30.3. The first kappa shape index (κ1) is 37.9.